The van der Waals surface area contributed by atoms with E-state index in [2.05, 4.69) is 127 Å². The number of amides is 15. The normalized spacial score (nSPS) is 16.2. The Bertz CT molecular complexity index is 5120. The Balaban J connectivity index is 1.03. The maximum Gasteiger partial charge on any atom is 0.407 e. The molecule has 11 unspecified atom stereocenters. The van der Waals surface area contributed by atoms with Crippen molar-refractivity contribution < 1.29 is 116 Å². The number of hydrogen-bond acceptors (Lipinski definition) is 29. The van der Waals surface area contributed by atoms with Gasteiger partial charge in [-0.25, -0.2) is 9.78 Å². The van der Waals surface area contributed by atoms with Crippen molar-refractivity contribution in [2.24, 2.45) is 17.4 Å². The van der Waals surface area contributed by atoms with Crippen LogP contribution in [0.4, 0.5) is 4.79 Å². The minimum Gasteiger partial charge on any atom is -0.481 e. The first kappa shape index (κ1) is 116. The van der Waals surface area contributed by atoms with Crippen molar-refractivity contribution in [1.82, 2.24) is 114 Å². The first-order chi connectivity index (χ1) is 68.1. The number of imidazole rings is 1. The number of benzene rings is 3. The van der Waals surface area contributed by atoms with Gasteiger partial charge in [0.15, 0.2) is 22.1 Å². The molecule has 25 N–H and O–H groups in total. The summed E-state index contributed by atoms with van der Waals surface area (Å²) >= 11 is 13.0. The number of unbranched alkanes of at least 4 members (excludes halogenated alkanes) is 2. The van der Waals surface area contributed by atoms with Crippen LogP contribution in [-0.2, 0) is 117 Å². The highest BCUT2D eigenvalue weighted by atomic mass is 32.1. The SMILES string of the molecule is CC(=O)NC(CCCCNC(=O)CN1CCN(CC(=O)O)CCN(CC(=O)O)CCN(CC(=O)O)CC1)C(=O)NC(S)C(=O)NC(S)C(=O)NC(CCC(=O)O)C(=O)NC(Cc1cnc[nH]1)C(=O)N[C@@H](Cc1ccccc1)C(=O)NC(CCCNC(=N)N)C(=O)NC(Cc1c[nH]c2ccccc12)C(=O)NC(S)C(=O)NC(CCCCNC(=O)OCc1ccccc1)C(=O)N1CCCC1C(=O)NC(C(N)=O)C(C)C. The third kappa shape index (κ3) is 42.2. The molecule has 2 saturated heterocycles. The topological polar surface area (TPSA) is 719 Å². The molecule has 2 aliphatic heterocycles. The van der Waals surface area contributed by atoms with Gasteiger partial charge < -0.3 is 126 Å². The van der Waals surface area contributed by atoms with Crippen LogP contribution >= 0.6 is 37.9 Å². The second-order valence-electron chi connectivity index (χ2n) is 34.7. The molecule has 5 aromatic rings. The number of carboxylic acid groups (broad SMARTS) is 4. The molecule has 0 spiro atoms. The van der Waals surface area contributed by atoms with Gasteiger partial charge in [-0.15, -0.1) is 37.9 Å². The van der Waals surface area contributed by atoms with Crippen molar-refractivity contribution in [3.63, 3.8) is 0 Å². The maximum atomic E-state index is 15.3. The van der Waals surface area contributed by atoms with Gasteiger partial charge in [0, 0.05) is 140 Å². The number of rotatable bonds is 57. The van der Waals surface area contributed by atoms with Crippen molar-refractivity contribution in [2.75, 3.05) is 105 Å². The standard InChI is InChI=1S/C91H131N25O24S3/c1-53(2)74(75(92)127)108-82(134)68-27-17-33-116(68)89(138)64(25-13-15-31-98-91(139)140-51-56-20-8-5-9-21-56)104-84(136)86(141)110-81(133)66(43-57-45-99-60-23-11-10-22-59(57)60)106-76(128)62(26-16-32-97-90(93)94)102-79(131)65(42-55-18-6-4-7-19-55)105-80(132)67(44-58-46-95-52-100-58)107-77(129)63(28-29-70(119)120)103-83(135)87(142)111-85(137)88(143)109-78(130)61(101-54(3)117)24-12-14-30-96-69(118)47-112-34-36-113(48-71(121)122)38-40-115(50-73(125)126)41-39-114(37-35-112)49-72(123)124/h4-11,18-23,45-46,52-53,61-68,74,86-88,99,141-143H,12-17,24-44,47-51H2,1-3H3,(H2,92,127)(H,95,100)(H,96,118)(H,98,139)(H,101,117)(H,102,131)(H,103,135)(H,104,136)(H,105,132)(H,106,128)(H,107,129)(H,108,134)(H,109,130)(H,110,133)(H,111,137)(H,119,120)(H,121,122)(H,123,124)(H,125,126)(H4,93,94,97)/t61?,62?,63?,64?,65-,66?,67?,68?,74?,86?,87?,88?/m0/s1. The van der Waals surface area contributed by atoms with Crippen LogP contribution in [0.15, 0.2) is 104 Å². The molecule has 2 aliphatic rings. The van der Waals surface area contributed by atoms with E-state index in [0.29, 0.717) is 28.5 Å². The third-order valence-corrected chi connectivity index (χ3v) is 24.3. The Labute approximate surface area is 840 Å². The number of carbonyl (C=O) groups is 19. The smallest absolute Gasteiger partial charge is 0.407 e. The van der Waals surface area contributed by atoms with E-state index in [1.54, 1.807) is 119 Å². The van der Waals surface area contributed by atoms with E-state index >= 15 is 19.2 Å². The molecule has 0 aliphatic carbocycles. The van der Waals surface area contributed by atoms with Gasteiger partial charge >= 0.3 is 30.0 Å². The fourth-order valence-corrected chi connectivity index (χ4v) is 16.3. The van der Waals surface area contributed by atoms with E-state index in [-0.39, 0.29) is 188 Å². The summed E-state index contributed by atoms with van der Waals surface area (Å²) in [5, 5.41) is 77.6. The Morgan fingerprint density at radius 2 is 0.895 bits per heavy atom. The van der Waals surface area contributed by atoms with Crippen LogP contribution in [0.2, 0.25) is 0 Å². The number of nitrogens with one attached hydrogen (secondary N) is 17. The Kier molecular flexibility index (Phi) is 49.2. The second kappa shape index (κ2) is 60.6. The Hall–Kier alpha value is -13.7. The number of para-hydroxylation sites is 1. The molecule has 7 rings (SSSR count). The molecule has 15 amide bonds. The van der Waals surface area contributed by atoms with Gasteiger partial charge in [0.05, 0.1) is 32.5 Å². The lowest BCUT2D eigenvalue weighted by atomic mass is 10.0. The number of fused-ring (bicyclic) bond motifs is 1. The summed E-state index contributed by atoms with van der Waals surface area (Å²) in [7, 11) is 0. The lowest BCUT2D eigenvalue weighted by molar-refractivity contribution is -0.142. The highest BCUT2D eigenvalue weighted by molar-refractivity contribution is 7.82. The van der Waals surface area contributed by atoms with Gasteiger partial charge in [0.2, 0.25) is 65.0 Å². The summed E-state index contributed by atoms with van der Waals surface area (Å²) in [6.45, 7) is 4.77. The number of H-pyrrole nitrogens is 2. The number of nitrogens with two attached hydrogens (primary N) is 2. The molecule has 4 heterocycles. The zero-order valence-corrected chi connectivity index (χ0v) is 82.3. The first-order valence-corrected chi connectivity index (χ1v) is 48.2. The molecule has 12 atom stereocenters. The number of guanidine groups is 1. The molecule has 2 fully saturated rings. The number of aromatic amines is 2. The molecule has 0 bridgehead atoms. The summed E-state index contributed by atoms with van der Waals surface area (Å²) in [4.78, 5) is 276. The Morgan fingerprint density at radius 3 is 1.41 bits per heavy atom. The summed E-state index contributed by atoms with van der Waals surface area (Å²) in [6.07, 6.45) is 2.04. The molecule has 782 valence electrons. The number of ether oxygens (including phenoxy) is 1. The number of thiol groups is 3. The number of nitrogens with zero attached hydrogens (tertiary/aromatic N) is 6. The summed E-state index contributed by atoms with van der Waals surface area (Å²) in [5.41, 5.74) is 13.8. The van der Waals surface area contributed by atoms with Crippen LogP contribution < -0.4 is 85.9 Å². The van der Waals surface area contributed by atoms with Crippen molar-refractivity contribution in [3.05, 3.63) is 126 Å². The van der Waals surface area contributed by atoms with Crippen LogP contribution in [0.5, 0.6) is 0 Å². The van der Waals surface area contributed by atoms with E-state index in [1.807, 2.05) is 6.07 Å². The maximum absolute atomic E-state index is 15.3. The molecule has 52 heteroatoms. The number of primary amides is 1. The van der Waals surface area contributed by atoms with E-state index in [9.17, 15) is 92.3 Å². The molecule has 0 saturated carbocycles. The molecule has 2 aromatic heterocycles. The van der Waals surface area contributed by atoms with Gasteiger partial charge in [-0.3, -0.25) is 111 Å². The highest BCUT2D eigenvalue weighted by Crippen LogP contribution is 2.24. The fraction of sp³-hybridized carbons (Fsp3) is 0.527. The monoisotopic (exact) mass is 2050 g/mol. The number of carboxylic acids is 4. The number of likely N-dealkylation sites (tertiary alicyclic amines) is 1. The van der Waals surface area contributed by atoms with Gasteiger partial charge in [-0.1, -0.05) is 92.7 Å². The quantitative estimate of drug-likeness (QED) is 0.00581. The molecule has 0 radical (unpaired) electrons. The zero-order chi connectivity index (χ0) is 105. The predicted octanol–water partition coefficient (Wildman–Crippen LogP) is -3.95. The minimum absolute atomic E-state index is 0.000784. The van der Waals surface area contributed by atoms with Crippen molar-refractivity contribution >= 4 is 167 Å². The minimum atomic E-state index is -1.88. The summed E-state index contributed by atoms with van der Waals surface area (Å²) in [5.74, 6) is -18.5. The molecule has 49 nitrogen and oxygen atoms in total. The predicted molar refractivity (Wildman–Crippen MR) is 527 cm³/mol. The third-order valence-electron chi connectivity index (χ3n) is 23.2. The van der Waals surface area contributed by atoms with E-state index < -0.39 is 214 Å². The van der Waals surface area contributed by atoms with E-state index in [1.165, 1.54) is 17.4 Å². The van der Waals surface area contributed by atoms with Crippen molar-refractivity contribution in [1.29, 1.82) is 5.41 Å². The number of aliphatic carboxylic acids is 4. The van der Waals surface area contributed by atoms with Crippen LogP contribution in [-0.4, -0.2) is 354 Å². The zero-order valence-electron chi connectivity index (χ0n) is 79.6. The van der Waals surface area contributed by atoms with Gasteiger partial charge in [-0.2, -0.15) is 0 Å². The fourth-order valence-electron chi connectivity index (χ4n) is 15.7. The van der Waals surface area contributed by atoms with Crippen LogP contribution in [0.1, 0.15) is 120 Å². The van der Waals surface area contributed by atoms with Gasteiger partial charge in [0.1, 0.15) is 61.0 Å². The first-order valence-electron chi connectivity index (χ1n) is 46.7. The van der Waals surface area contributed by atoms with Gasteiger partial charge in [0.25, 0.3) is 17.7 Å². The largest absolute Gasteiger partial charge is 0.481 e. The average Bonchev–Trinajstić information content (AvgIpc) is 1.69. The second-order valence-corrected chi connectivity index (χ2v) is 36.3. The molecular weight excluding hydrogens is 1920 g/mol. The lowest BCUT2D eigenvalue weighted by Gasteiger charge is -2.32. The number of alkyl carbamates (subject to hydrolysis) is 1. The number of aromatic nitrogens is 3. The van der Waals surface area contributed by atoms with Gasteiger partial charge in [-0.05, 0) is 99.3 Å². The summed E-state index contributed by atoms with van der Waals surface area (Å²) in [6, 6.07) is 10.8. The summed E-state index contributed by atoms with van der Waals surface area (Å²) < 4.78 is 5.34. The van der Waals surface area contributed by atoms with Crippen molar-refractivity contribution in [2.45, 2.75) is 194 Å². The molecule has 3 aromatic carbocycles. The van der Waals surface area contributed by atoms with Crippen LogP contribution in [0.3, 0.4) is 0 Å². The van der Waals surface area contributed by atoms with Crippen molar-refractivity contribution in [3.8, 4) is 0 Å². The van der Waals surface area contributed by atoms with Crippen LogP contribution in [0.25, 0.3) is 10.9 Å². The van der Waals surface area contributed by atoms with E-state index in [4.69, 9.17) is 21.6 Å². The lowest BCUT2D eigenvalue weighted by Crippen LogP contribution is -2.61. The molecule has 143 heavy (non-hydrogen) atoms. The highest BCUT2D eigenvalue weighted by Gasteiger charge is 2.42. The van der Waals surface area contributed by atoms with Crippen LogP contribution in [0, 0.1) is 11.3 Å². The Morgan fingerprint density at radius 1 is 0.462 bits per heavy atom. The average molecular weight is 2060 g/mol. The number of carbonyl (C=O) groups excluding carboxylic acids is 15. The molecular formula is C91H131N25O24S3. The number of hydrogen-bond donors (Lipinski definition) is 26. The van der Waals surface area contributed by atoms with E-state index in [0.717, 1.165) is 12.5 Å².